The first-order chi connectivity index (χ1) is 47.3. The van der Waals surface area contributed by atoms with Crippen LogP contribution in [0, 0.1) is 0 Å². The standard InChI is InChI=1S/C54H91NO46/c1-10-19(65)22(68)32(78)47(90-10)97-42-27(73)26(72)36(15(63)8-89-46-31(77)24(70)25(71)35(92-46)12(60)3-56)93-50(42)96-41-34(80)49(94-38(13(61)4-57)43(41)98-48-33(79)23(69)21(67)18(6-59)91-48)95-40-17(2-53(86,51(82)83)100-39(40)14(62)5-58)99-54(52(84)85)44(81)29(75)28(74)37(101-54)16(64)9-88-45-30(76)20(66)11(55)7-87-45/h10-50,56-81,86H,2-9,55H2,1H3,(H,82,83)(H,84,85)/t10-,11+,12-,13-,14+,15-,16+,17+,18+,19-,20+,21+,22+,23-,24-,25-,26-,27-,28+,29-,30-,31-,32+,33+,34-,35+,36+,37+,38+,39+,40+,41+,42-,43+,44-,45+,46-,47-,48-,49+,50+,53+,54+/m0/s1. The number of aliphatic hydroxyl groups is 27. The number of hydrogen-bond acceptors (Lipinski definition) is 45. The fourth-order valence-corrected chi connectivity index (χ4v) is 12.6. The van der Waals surface area contributed by atoms with E-state index in [1.165, 1.54) is 0 Å². The van der Waals surface area contributed by atoms with Gasteiger partial charge in [-0.1, -0.05) is 0 Å². The zero-order valence-corrected chi connectivity index (χ0v) is 52.8. The summed E-state index contributed by atoms with van der Waals surface area (Å²) in [6.45, 7) is -7.03. The fraction of sp³-hybridized carbons (Fsp3) is 0.963. The molecule has 0 aromatic carbocycles. The average Bonchev–Trinajstić information content (AvgIpc) is 0.728. The Labute approximate surface area is 567 Å². The number of carbonyl (C=O) groups is 2. The van der Waals surface area contributed by atoms with Gasteiger partial charge in [0.2, 0.25) is 0 Å². The number of rotatable bonds is 27. The maximum absolute atomic E-state index is 13.7. The molecule has 43 atom stereocenters. The van der Waals surface area contributed by atoms with E-state index in [1.807, 2.05) is 0 Å². The summed E-state index contributed by atoms with van der Waals surface area (Å²) in [4.78, 5) is 26.6. The average molecular weight is 1490 g/mol. The maximum Gasteiger partial charge on any atom is 0.367 e. The molecule has 0 spiro atoms. The largest absolute Gasteiger partial charge is 0.477 e. The highest BCUT2D eigenvalue weighted by molar-refractivity contribution is 5.77. The van der Waals surface area contributed by atoms with Crippen molar-refractivity contribution in [1.29, 1.82) is 0 Å². The third kappa shape index (κ3) is 17.2. The monoisotopic (exact) mass is 1490 g/mol. The summed E-state index contributed by atoms with van der Waals surface area (Å²) in [5.41, 5.74) is 5.68. The lowest BCUT2D eigenvalue weighted by atomic mass is 9.88. The minimum atomic E-state index is -4.02. The van der Waals surface area contributed by atoms with Gasteiger partial charge in [-0.15, -0.1) is 0 Å². The molecule has 101 heavy (non-hydrogen) atoms. The van der Waals surface area contributed by atoms with Gasteiger partial charge in [0.25, 0.3) is 11.6 Å². The first kappa shape index (κ1) is 83.9. The molecule has 8 aliphatic heterocycles. The van der Waals surface area contributed by atoms with Crippen molar-refractivity contribution >= 4 is 11.9 Å². The van der Waals surface area contributed by atoms with Crippen LogP contribution in [0.5, 0.6) is 0 Å². The highest BCUT2D eigenvalue weighted by Crippen LogP contribution is 2.44. The topological polar surface area (TPSA) is 785 Å². The molecule has 0 radical (unpaired) electrons. The molecule has 8 aliphatic rings. The molecule has 8 rings (SSSR count). The summed E-state index contributed by atoms with van der Waals surface area (Å²) in [6, 6.07) is -1.15. The molecule has 0 saturated carbocycles. The van der Waals surface area contributed by atoms with Gasteiger partial charge in [0, 0.05) is 6.42 Å². The minimum absolute atomic E-state index is 0.445. The van der Waals surface area contributed by atoms with Gasteiger partial charge in [0.1, 0.15) is 195 Å². The summed E-state index contributed by atoms with van der Waals surface area (Å²) in [5, 5.41) is 319. The van der Waals surface area contributed by atoms with Crippen molar-refractivity contribution in [2.45, 2.75) is 276 Å². The van der Waals surface area contributed by atoms with Crippen LogP contribution < -0.4 is 5.73 Å². The second-order valence-electron chi connectivity index (χ2n) is 25.5. The van der Waals surface area contributed by atoms with Crippen LogP contribution in [0.15, 0.2) is 0 Å². The van der Waals surface area contributed by atoms with E-state index in [2.05, 4.69) is 0 Å². The van der Waals surface area contributed by atoms with Gasteiger partial charge >= 0.3 is 11.9 Å². The van der Waals surface area contributed by atoms with E-state index < -0.39 is 327 Å². The van der Waals surface area contributed by atoms with Gasteiger partial charge in [0.05, 0.1) is 64.5 Å². The van der Waals surface area contributed by atoms with E-state index >= 15 is 0 Å². The number of carboxylic acid groups (broad SMARTS) is 2. The van der Waals surface area contributed by atoms with Gasteiger partial charge in [-0.05, 0) is 6.92 Å². The van der Waals surface area contributed by atoms with Gasteiger partial charge in [-0.3, -0.25) is 0 Å². The van der Waals surface area contributed by atoms with Crippen molar-refractivity contribution in [3.8, 4) is 0 Å². The first-order valence-corrected chi connectivity index (χ1v) is 31.5. The van der Waals surface area contributed by atoms with E-state index in [1.54, 1.807) is 0 Å². The van der Waals surface area contributed by atoms with Crippen molar-refractivity contribution in [1.82, 2.24) is 0 Å². The molecule has 0 aromatic rings. The smallest absolute Gasteiger partial charge is 0.367 e. The summed E-state index contributed by atoms with van der Waals surface area (Å²) in [6.07, 6.45) is -96.4. The predicted molar refractivity (Wildman–Crippen MR) is 301 cm³/mol. The molecule has 0 amide bonds. The number of nitrogens with two attached hydrogens (primary N) is 1. The molecular formula is C54H91NO46. The van der Waals surface area contributed by atoms with Crippen LogP contribution in [0.2, 0.25) is 0 Å². The Kier molecular flexibility index (Phi) is 28.8. The third-order valence-corrected chi connectivity index (χ3v) is 18.6. The van der Waals surface area contributed by atoms with Gasteiger partial charge in [-0.2, -0.15) is 0 Å². The zero-order valence-electron chi connectivity index (χ0n) is 52.8. The van der Waals surface area contributed by atoms with E-state index in [0.717, 1.165) is 6.92 Å². The Morgan fingerprint density at radius 1 is 0.436 bits per heavy atom. The lowest BCUT2D eigenvalue weighted by Gasteiger charge is -2.53. The zero-order chi connectivity index (χ0) is 75.1. The van der Waals surface area contributed by atoms with Crippen molar-refractivity contribution in [2.24, 2.45) is 5.73 Å². The SMILES string of the molecule is C[C@@H]1O[C@@H](O[C@@H]2[C@@H](O[C@@H]3[C@H](O)[C@@H](O[C@H]4[C@@H]([C@H](O)CO)O[C@@](O)(C(=O)O)C[C@H]4O[C@@]4(C(=O)O)O[C@H]([C@H](O)CO[C@H]5OC[C@@H](N)[C@@H](O)[C@@H]5O)[C@H](O)[C@H](O)[C@@H]4O)O[C@H]([C@@H](O)CO)[C@H]3O[C@@H]3O[C@H](CO)[C@@H](O)[C@H](O)[C@H]3O)O[C@H]([C@@H](O)CO[C@H]3O[C@H]([C@@H](O)CO)[C@@H](O)[C@H](O)[C@@H]3O)[C@@H](O)[C@@H]2O)[C@H](O)[C@H](O)[C@H]1O. The van der Waals surface area contributed by atoms with Crippen LogP contribution in [-0.4, -0.2) is 469 Å². The number of aliphatic hydroxyl groups excluding tert-OH is 26. The fourth-order valence-electron chi connectivity index (χ4n) is 12.6. The molecule has 8 heterocycles. The van der Waals surface area contributed by atoms with E-state index in [4.69, 9.17) is 76.8 Å². The molecule has 47 heteroatoms. The van der Waals surface area contributed by atoms with Crippen molar-refractivity contribution in [2.75, 3.05) is 46.2 Å². The summed E-state index contributed by atoms with van der Waals surface area (Å²) in [7, 11) is 0. The van der Waals surface area contributed by atoms with Gasteiger partial charge in [-0.25, -0.2) is 9.59 Å². The lowest BCUT2D eigenvalue weighted by molar-refractivity contribution is -0.423. The van der Waals surface area contributed by atoms with Crippen LogP contribution in [0.3, 0.4) is 0 Å². The second kappa shape index (κ2) is 34.6. The highest BCUT2D eigenvalue weighted by Gasteiger charge is 2.67. The number of ether oxygens (including phenoxy) is 15. The lowest BCUT2D eigenvalue weighted by Crippen LogP contribution is -2.73. The molecule has 588 valence electrons. The Morgan fingerprint density at radius 2 is 0.891 bits per heavy atom. The highest BCUT2D eigenvalue weighted by atomic mass is 16.8. The molecule has 0 unspecified atom stereocenters. The van der Waals surface area contributed by atoms with Crippen molar-refractivity contribution < 1.29 is 229 Å². The molecule has 8 fully saturated rings. The van der Waals surface area contributed by atoms with E-state index in [-0.39, 0.29) is 0 Å². The Morgan fingerprint density at radius 3 is 1.49 bits per heavy atom. The van der Waals surface area contributed by atoms with Gasteiger partial charge < -0.3 is 225 Å². The molecule has 8 saturated heterocycles. The number of hydrogen-bond donors (Lipinski definition) is 30. The normalized spacial score (nSPS) is 50.2. The molecule has 0 bridgehead atoms. The van der Waals surface area contributed by atoms with Crippen LogP contribution in [0.4, 0.5) is 0 Å². The maximum atomic E-state index is 13.7. The third-order valence-electron chi connectivity index (χ3n) is 18.6. The van der Waals surface area contributed by atoms with Crippen molar-refractivity contribution in [3.05, 3.63) is 0 Å². The second-order valence-corrected chi connectivity index (χ2v) is 25.5. The molecule has 0 aliphatic carbocycles. The molecule has 31 N–H and O–H groups in total. The summed E-state index contributed by atoms with van der Waals surface area (Å²) >= 11 is 0. The Bertz CT molecular complexity index is 2620. The summed E-state index contributed by atoms with van der Waals surface area (Å²) < 4.78 is 85.3. The molecular weight excluding hydrogens is 1400 g/mol. The van der Waals surface area contributed by atoms with Gasteiger partial charge in [0.15, 0.2) is 37.7 Å². The van der Waals surface area contributed by atoms with Crippen LogP contribution in [0.25, 0.3) is 0 Å². The van der Waals surface area contributed by atoms with Crippen LogP contribution in [-0.2, 0) is 80.6 Å². The number of aliphatic carboxylic acids is 2. The Balaban J connectivity index is 1.21. The van der Waals surface area contributed by atoms with Crippen LogP contribution in [0.1, 0.15) is 13.3 Å². The van der Waals surface area contributed by atoms with E-state index in [0.29, 0.717) is 0 Å². The quantitative estimate of drug-likeness (QED) is 0.0363. The first-order valence-electron chi connectivity index (χ1n) is 31.5. The molecule has 47 nitrogen and oxygen atoms in total. The Hall–Kier alpha value is -2.78. The predicted octanol–water partition coefficient (Wildman–Crippen LogP) is -20.1. The molecule has 0 aromatic heterocycles. The van der Waals surface area contributed by atoms with Crippen molar-refractivity contribution in [3.63, 3.8) is 0 Å². The number of carboxylic acids is 2. The van der Waals surface area contributed by atoms with Crippen LogP contribution >= 0.6 is 0 Å². The van der Waals surface area contributed by atoms with E-state index in [9.17, 15) is 158 Å². The summed E-state index contributed by atoms with van der Waals surface area (Å²) in [5.74, 6) is -12.7. The minimum Gasteiger partial charge on any atom is -0.477 e.